The molecule has 1 aromatic heterocycles. The number of carbonyl (C=O) groups is 2. The zero-order chi connectivity index (χ0) is 20.0. The second kappa shape index (κ2) is 9.07. The Morgan fingerprint density at radius 3 is 2.50 bits per heavy atom. The van der Waals surface area contributed by atoms with Crippen molar-refractivity contribution in [2.75, 3.05) is 39.3 Å². The predicted molar refractivity (Wildman–Crippen MR) is 107 cm³/mol. The molecule has 0 aliphatic carbocycles. The lowest BCUT2D eigenvalue weighted by Gasteiger charge is -2.36. The van der Waals surface area contributed by atoms with Crippen LogP contribution in [0.15, 0.2) is 35.7 Å². The minimum absolute atomic E-state index is 0.189. The van der Waals surface area contributed by atoms with Crippen LogP contribution in [0.1, 0.15) is 17.7 Å². The Morgan fingerprint density at radius 1 is 1.11 bits per heavy atom. The van der Waals surface area contributed by atoms with Gasteiger partial charge in [-0.3, -0.25) is 9.59 Å². The van der Waals surface area contributed by atoms with Gasteiger partial charge in [0.15, 0.2) is 11.5 Å². The molecule has 0 radical (unpaired) electrons. The summed E-state index contributed by atoms with van der Waals surface area (Å²) in [5.41, 5.74) is 0.267. The van der Waals surface area contributed by atoms with Gasteiger partial charge >= 0.3 is 11.8 Å². The third kappa shape index (κ3) is 4.45. The van der Waals surface area contributed by atoms with Gasteiger partial charge in [0.2, 0.25) is 0 Å². The highest BCUT2D eigenvalue weighted by Crippen LogP contribution is 2.37. The van der Waals surface area contributed by atoms with Gasteiger partial charge < -0.3 is 24.8 Å². The SMILES string of the molecule is COc1ccc(NC(=O)C(=O)NCC2(c3cccs3)CCOCC2)cc1OC. The van der Waals surface area contributed by atoms with Gasteiger partial charge in [0, 0.05) is 41.8 Å². The molecular weight excluding hydrogens is 380 g/mol. The third-order valence-electron chi connectivity index (χ3n) is 4.93. The average molecular weight is 404 g/mol. The van der Waals surface area contributed by atoms with Crippen molar-refractivity contribution in [2.45, 2.75) is 18.3 Å². The largest absolute Gasteiger partial charge is 0.493 e. The molecule has 1 aliphatic heterocycles. The van der Waals surface area contributed by atoms with Crippen LogP contribution in [0.5, 0.6) is 11.5 Å². The molecule has 7 nitrogen and oxygen atoms in total. The summed E-state index contributed by atoms with van der Waals surface area (Å²) in [4.78, 5) is 25.9. The topological polar surface area (TPSA) is 85.9 Å². The molecule has 1 aromatic carbocycles. The monoisotopic (exact) mass is 404 g/mol. The predicted octanol–water partition coefficient (Wildman–Crippen LogP) is 2.57. The number of amides is 2. The van der Waals surface area contributed by atoms with Gasteiger partial charge in [-0.15, -0.1) is 11.3 Å². The van der Waals surface area contributed by atoms with Crippen molar-refractivity contribution in [1.29, 1.82) is 0 Å². The molecule has 28 heavy (non-hydrogen) atoms. The number of hydrogen-bond acceptors (Lipinski definition) is 6. The van der Waals surface area contributed by atoms with E-state index in [1.807, 2.05) is 11.4 Å². The molecule has 1 fully saturated rings. The first-order chi connectivity index (χ1) is 13.6. The van der Waals surface area contributed by atoms with Crippen LogP contribution >= 0.6 is 11.3 Å². The van der Waals surface area contributed by atoms with E-state index in [-0.39, 0.29) is 5.41 Å². The molecule has 150 valence electrons. The smallest absolute Gasteiger partial charge is 0.313 e. The van der Waals surface area contributed by atoms with Crippen molar-refractivity contribution < 1.29 is 23.8 Å². The van der Waals surface area contributed by atoms with Crippen LogP contribution < -0.4 is 20.1 Å². The highest BCUT2D eigenvalue weighted by atomic mass is 32.1. The van der Waals surface area contributed by atoms with Crippen LogP contribution in [0.4, 0.5) is 5.69 Å². The first-order valence-electron chi connectivity index (χ1n) is 9.01. The highest BCUT2D eigenvalue weighted by molar-refractivity contribution is 7.10. The third-order valence-corrected chi connectivity index (χ3v) is 6.04. The van der Waals surface area contributed by atoms with E-state index in [0.717, 1.165) is 12.8 Å². The number of thiophene rings is 1. The fraction of sp³-hybridized carbons (Fsp3) is 0.400. The van der Waals surface area contributed by atoms with Crippen molar-refractivity contribution in [3.8, 4) is 11.5 Å². The number of benzene rings is 1. The quantitative estimate of drug-likeness (QED) is 0.723. The summed E-state index contributed by atoms with van der Waals surface area (Å²) >= 11 is 1.67. The molecule has 0 spiro atoms. The lowest BCUT2D eigenvalue weighted by Crippen LogP contribution is -2.46. The van der Waals surface area contributed by atoms with Gasteiger partial charge in [0.25, 0.3) is 0 Å². The lowest BCUT2D eigenvalue weighted by atomic mass is 9.78. The standard InChI is InChI=1S/C20H24N2O5S/c1-25-15-6-5-14(12-16(15)26-2)22-19(24)18(23)21-13-20(7-9-27-10-8-20)17-4-3-11-28-17/h3-6,11-12H,7-10,13H2,1-2H3,(H,21,23)(H,22,24). The minimum atomic E-state index is -0.722. The molecule has 1 saturated heterocycles. The van der Waals surface area contributed by atoms with Crippen molar-refractivity contribution >= 4 is 28.8 Å². The molecule has 0 unspecified atom stereocenters. The Bertz CT molecular complexity index is 816. The summed E-state index contributed by atoms with van der Waals surface area (Å²) in [6, 6.07) is 9.00. The first kappa shape index (κ1) is 20.2. The zero-order valence-electron chi connectivity index (χ0n) is 15.9. The van der Waals surface area contributed by atoms with Crippen LogP contribution in [-0.2, 0) is 19.7 Å². The lowest BCUT2D eigenvalue weighted by molar-refractivity contribution is -0.136. The number of hydrogen-bond donors (Lipinski definition) is 2. The second-order valence-corrected chi connectivity index (χ2v) is 7.52. The summed E-state index contributed by atoms with van der Waals surface area (Å²) in [7, 11) is 3.04. The first-order valence-corrected chi connectivity index (χ1v) is 9.89. The Morgan fingerprint density at radius 2 is 1.86 bits per heavy atom. The molecule has 3 rings (SSSR count). The summed E-state index contributed by atoms with van der Waals surface area (Å²) in [6.07, 6.45) is 1.62. The normalized spacial score (nSPS) is 15.5. The summed E-state index contributed by atoms with van der Waals surface area (Å²) in [5, 5.41) is 7.42. The molecule has 2 amide bonds. The molecule has 1 aliphatic rings. The van der Waals surface area contributed by atoms with Crippen LogP contribution in [0, 0.1) is 0 Å². The highest BCUT2D eigenvalue weighted by Gasteiger charge is 2.36. The summed E-state index contributed by atoms with van der Waals surface area (Å²) in [6.45, 7) is 1.69. The Hall–Kier alpha value is -2.58. The average Bonchev–Trinajstić information content (AvgIpc) is 3.28. The van der Waals surface area contributed by atoms with Gasteiger partial charge in [-0.05, 0) is 36.4 Å². The van der Waals surface area contributed by atoms with Crippen LogP contribution in [0.2, 0.25) is 0 Å². The van der Waals surface area contributed by atoms with Crippen LogP contribution in [0.3, 0.4) is 0 Å². The van der Waals surface area contributed by atoms with Gasteiger partial charge in [0.1, 0.15) is 0 Å². The van der Waals surface area contributed by atoms with E-state index in [2.05, 4.69) is 16.7 Å². The van der Waals surface area contributed by atoms with Gasteiger partial charge in [-0.1, -0.05) is 6.07 Å². The van der Waals surface area contributed by atoms with Gasteiger partial charge in [0.05, 0.1) is 14.2 Å². The maximum absolute atomic E-state index is 12.4. The van der Waals surface area contributed by atoms with E-state index >= 15 is 0 Å². The number of rotatable bonds is 6. The van der Waals surface area contributed by atoms with Crippen molar-refractivity contribution in [3.05, 3.63) is 40.6 Å². The molecule has 2 N–H and O–H groups in total. The second-order valence-electron chi connectivity index (χ2n) is 6.58. The van der Waals surface area contributed by atoms with Crippen LogP contribution in [0.25, 0.3) is 0 Å². The number of methoxy groups -OCH3 is 2. The molecule has 2 heterocycles. The molecule has 0 atom stereocenters. The minimum Gasteiger partial charge on any atom is -0.493 e. The fourth-order valence-electron chi connectivity index (χ4n) is 3.28. The summed E-state index contributed by atoms with van der Waals surface area (Å²) < 4.78 is 15.9. The summed E-state index contributed by atoms with van der Waals surface area (Å²) in [5.74, 6) is -0.375. The molecule has 2 aromatic rings. The van der Waals surface area contributed by atoms with Crippen molar-refractivity contribution in [3.63, 3.8) is 0 Å². The van der Waals surface area contributed by atoms with E-state index in [4.69, 9.17) is 14.2 Å². The number of nitrogens with one attached hydrogen (secondary N) is 2. The molecule has 0 saturated carbocycles. The Labute approximate surface area is 168 Å². The fourth-order valence-corrected chi connectivity index (χ4v) is 4.27. The number of anilines is 1. The van der Waals surface area contributed by atoms with Gasteiger partial charge in [-0.2, -0.15) is 0 Å². The van der Waals surface area contributed by atoms with Gasteiger partial charge in [-0.25, -0.2) is 0 Å². The maximum atomic E-state index is 12.4. The molecule has 0 bridgehead atoms. The van der Waals surface area contributed by atoms with E-state index in [1.165, 1.54) is 19.1 Å². The Kier molecular flexibility index (Phi) is 6.53. The van der Waals surface area contributed by atoms with E-state index in [9.17, 15) is 9.59 Å². The number of ether oxygens (including phenoxy) is 3. The molecular formula is C20H24N2O5S. The van der Waals surface area contributed by atoms with Crippen molar-refractivity contribution in [1.82, 2.24) is 5.32 Å². The maximum Gasteiger partial charge on any atom is 0.313 e. The van der Waals surface area contributed by atoms with E-state index < -0.39 is 11.8 Å². The van der Waals surface area contributed by atoms with E-state index in [1.54, 1.807) is 29.5 Å². The number of carbonyl (C=O) groups excluding carboxylic acids is 2. The van der Waals surface area contributed by atoms with E-state index in [0.29, 0.717) is 36.9 Å². The van der Waals surface area contributed by atoms with Crippen molar-refractivity contribution in [2.24, 2.45) is 0 Å². The zero-order valence-corrected chi connectivity index (χ0v) is 16.8. The molecule has 8 heteroatoms. The van der Waals surface area contributed by atoms with Crippen LogP contribution in [-0.4, -0.2) is 45.8 Å². The Balaban J connectivity index is 1.63.